The second-order valence-corrected chi connectivity index (χ2v) is 11.2. The molecule has 0 radical (unpaired) electrons. The first-order chi connectivity index (χ1) is 17.8. The van der Waals surface area contributed by atoms with Crippen LogP contribution in [-0.4, -0.2) is 35.5 Å². The largest absolute Gasteiger partial charge is 0.461 e. The molecule has 2 aromatic heterocycles. The average Bonchev–Trinajstić information content (AvgIpc) is 3.17. The van der Waals surface area contributed by atoms with E-state index in [2.05, 4.69) is 30.6 Å². The smallest absolute Gasteiger partial charge is 0.356 e. The number of carbonyl (C=O) groups is 1. The normalized spacial score (nSPS) is 12.5. The number of esters is 1. The maximum atomic E-state index is 13.1. The van der Waals surface area contributed by atoms with E-state index >= 15 is 0 Å². The predicted molar refractivity (Wildman–Crippen MR) is 144 cm³/mol. The average molecular weight is 581 g/mol. The van der Waals surface area contributed by atoms with E-state index in [0.29, 0.717) is 35.2 Å². The summed E-state index contributed by atoms with van der Waals surface area (Å²) in [4.78, 5) is 22.1. The molecule has 10 heteroatoms. The van der Waals surface area contributed by atoms with Crippen molar-refractivity contribution in [2.75, 3.05) is 11.3 Å². The molecule has 37 heavy (non-hydrogen) atoms. The van der Waals surface area contributed by atoms with Gasteiger partial charge in [-0.3, -0.25) is 0 Å². The number of rotatable bonds is 7. The minimum absolute atomic E-state index is 0.0349. The Labute approximate surface area is 223 Å². The van der Waals surface area contributed by atoms with Crippen LogP contribution in [0.2, 0.25) is 0 Å². The number of aromatic nitrogens is 3. The zero-order valence-electron chi connectivity index (χ0n) is 20.4. The Hall–Kier alpha value is -3.50. The van der Waals surface area contributed by atoms with Gasteiger partial charge in [-0.15, -0.1) is 0 Å². The zero-order chi connectivity index (χ0) is 26.2. The molecule has 0 fully saturated rings. The van der Waals surface area contributed by atoms with E-state index in [-0.39, 0.29) is 17.5 Å². The number of hydrogen-bond acceptors (Lipinski definition) is 6. The number of hydrogen-bond donors (Lipinski definition) is 1. The molecule has 190 valence electrons. The molecule has 0 spiro atoms. The monoisotopic (exact) mass is 580 g/mol. The van der Waals surface area contributed by atoms with Gasteiger partial charge in [-0.05, 0) is 71.4 Å². The van der Waals surface area contributed by atoms with Gasteiger partial charge in [0.2, 0.25) is 5.95 Å². The van der Waals surface area contributed by atoms with Gasteiger partial charge in [-0.1, -0.05) is 48.0 Å². The molecule has 0 atom stereocenters. The SMILES string of the molecule is CCOC(=O)c1c(Br)c2c(n1Cc1ccc(C)cc1)-c1nc(NS(=O)(=O)c3ccccc3)ncc1CC2. The molecule has 0 aliphatic heterocycles. The summed E-state index contributed by atoms with van der Waals surface area (Å²) in [6, 6.07) is 16.2. The fourth-order valence-electron chi connectivity index (χ4n) is 4.45. The highest BCUT2D eigenvalue weighted by Crippen LogP contribution is 2.41. The Morgan fingerprint density at radius 1 is 1.11 bits per heavy atom. The third-order valence-electron chi connectivity index (χ3n) is 6.24. The fraction of sp³-hybridized carbons (Fsp3) is 0.222. The lowest BCUT2D eigenvalue weighted by Crippen LogP contribution is -2.18. The fourth-order valence-corrected chi connectivity index (χ4v) is 6.19. The molecule has 0 amide bonds. The topological polar surface area (TPSA) is 103 Å². The number of anilines is 1. The van der Waals surface area contributed by atoms with Crippen molar-refractivity contribution in [1.82, 2.24) is 14.5 Å². The van der Waals surface area contributed by atoms with Gasteiger partial charge in [0, 0.05) is 12.7 Å². The second kappa shape index (κ2) is 10.1. The minimum Gasteiger partial charge on any atom is -0.461 e. The summed E-state index contributed by atoms with van der Waals surface area (Å²) in [5.41, 5.74) is 5.69. The number of benzene rings is 2. The highest BCUT2D eigenvalue weighted by molar-refractivity contribution is 9.10. The first kappa shape index (κ1) is 25.2. The second-order valence-electron chi connectivity index (χ2n) is 8.77. The van der Waals surface area contributed by atoms with E-state index in [1.807, 2.05) is 35.8 Å². The first-order valence-corrected chi connectivity index (χ1v) is 14.1. The molecule has 2 heterocycles. The molecular weight excluding hydrogens is 556 g/mol. The van der Waals surface area contributed by atoms with Crippen LogP contribution in [0.3, 0.4) is 0 Å². The van der Waals surface area contributed by atoms with Crippen molar-refractivity contribution in [2.24, 2.45) is 0 Å². The van der Waals surface area contributed by atoms with E-state index < -0.39 is 16.0 Å². The van der Waals surface area contributed by atoms with Crippen LogP contribution in [-0.2, 0) is 34.1 Å². The molecule has 5 rings (SSSR count). The Morgan fingerprint density at radius 3 is 2.54 bits per heavy atom. The summed E-state index contributed by atoms with van der Waals surface area (Å²) in [6.07, 6.45) is 2.98. The minimum atomic E-state index is -3.87. The molecule has 0 bridgehead atoms. The Balaban J connectivity index is 1.63. The van der Waals surface area contributed by atoms with Crippen molar-refractivity contribution in [3.05, 3.63) is 93.2 Å². The molecule has 1 aliphatic carbocycles. The lowest BCUT2D eigenvalue weighted by atomic mass is 9.95. The number of ether oxygens (including phenoxy) is 1. The number of carbonyl (C=O) groups excluding carboxylic acids is 1. The van der Waals surface area contributed by atoms with Crippen LogP contribution in [0.25, 0.3) is 11.4 Å². The lowest BCUT2D eigenvalue weighted by molar-refractivity contribution is 0.0513. The summed E-state index contributed by atoms with van der Waals surface area (Å²) in [5, 5.41) is 0. The van der Waals surface area contributed by atoms with E-state index in [1.54, 1.807) is 31.3 Å². The summed E-state index contributed by atoms with van der Waals surface area (Å²) in [7, 11) is -3.87. The van der Waals surface area contributed by atoms with Crippen molar-refractivity contribution in [3.63, 3.8) is 0 Å². The molecular formula is C27H25BrN4O4S. The third kappa shape index (κ3) is 4.91. The van der Waals surface area contributed by atoms with Crippen LogP contribution in [0.5, 0.6) is 0 Å². The Bertz CT molecular complexity index is 1580. The molecule has 0 saturated carbocycles. The van der Waals surface area contributed by atoms with Crippen molar-refractivity contribution in [3.8, 4) is 11.4 Å². The molecule has 2 aromatic carbocycles. The lowest BCUT2D eigenvalue weighted by Gasteiger charge is -2.20. The van der Waals surface area contributed by atoms with E-state index in [1.165, 1.54) is 12.1 Å². The number of aryl methyl sites for hydroxylation is 2. The van der Waals surface area contributed by atoms with E-state index in [9.17, 15) is 13.2 Å². The first-order valence-electron chi connectivity index (χ1n) is 11.9. The molecule has 1 N–H and O–H groups in total. The molecule has 0 unspecified atom stereocenters. The molecule has 4 aromatic rings. The number of nitrogens with one attached hydrogen (secondary N) is 1. The third-order valence-corrected chi connectivity index (χ3v) is 8.44. The van der Waals surface area contributed by atoms with Crippen LogP contribution in [0.15, 0.2) is 70.2 Å². The van der Waals surface area contributed by atoms with Gasteiger partial charge in [0.25, 0.3) is 10.0 Å². The van der Waals surface area contributed by atoms with Gasteiger partial charge in [0.1, 0.15) is 5.69 Å². The maximum absolute atomic E-state index is 13.1. The van der Waals surface area contributed by atoms with Gasteiger partial charge in [0.15, 0.2) is 0 Å². The van der Waals surface area contributed by atoms with Crippen molar-refractivity contribution in [1.29, 1.82) is 0 Å². The number of fused-ring (bicyclic) bond motifs is 3. The predicted octanol–water partition coefficient (Wildman–Crippen LogP) is 5.14. The molecule has 0 saturated heterocycles. The van der Waals surface area contributed by atoms with Crippen molar-refractivity contribution < 1.29 is 17.9 Å². The number of nitrogens with zero attached hydrogens (tertiary/aromatic N) is 3. The standard InChI is InChI=1S/C27H25BrN4O4S/c1-3-36-26(33)25-22(28)21-14-13-19-15-29-27(31-37(34,35)20-7-5-4-6-8-20)30-23(19)24(21)32(25)16-18-11-9-17(2)10-12-18/h4-12,15H,3,13-14,16H2,1-2H3,(H,29,30,31). The Morgan fingerprint density at radius 2 is 1.84 bits per heavy atom. The van der Waals surface area contributed by atoms with Gasteiger partial charge in [-0.25, -0.2) is 27.9 Å². The number of sulfonamides is 1. The van der Waals surface area contributed by atoms with Crippen LogP contribution in [0, 0.1) is 6.92 Å². The van der Waals surface area contributed by atoms with Gasteiger partial charge < -0.3 is 9.30 Å². The Kier molecular flexibility index (Phi) is 6.87. The quantitative estimate of drug-likeness (QED) is 0.303. The van der Waals surface area contributed by atoms with Gasteiger partial charge in [-0.2, -0.15) is 0 Å². The summed E-state index contributed by atoms with van der Waals surface area (Å²) in [5.74, 6) is -0.469. The molecule has 8 nitrogen and oxygen atoms in total. The van der Waals surface area contributed by atoms with E-state index in [0.717, 1.165) is 27.9 Å². The van der Waals surface area contributed by atoms with Gasteiger partial charge >= 0.3 is 5.97 Å². The summed E-state index contributed by atoms with van der Waals surface area (Å²) in [6.45, 7) is 4.45. The van der Waals surface area contributed by atoms with Crippen LogP contribution in [0.1, 0.15) is 39.7 Å². The molecule has 1 aliphatic rings. The zero-order valence-corrected chi connectivity index (χ0v) is 22.8. The summed E-state index contributed by atoms with van der Waals surface area (Å²) >= 11 is 3.66. The van der Waals surface area contributed by atoms with Crippen LogP contribution in [0.4, 0.5) is 5.95 Å². The van der Waals surface area contributed by atoms with E-state index in [4.69, 9.17) is 4.74 Å². The summed E-state index contributed by atoms with van der Waals surface area (Å²) < 4.78 is 36.3. The van der Waals surface area contributed by atoms with Crippen molar-refractivity contribution in [2.45, 2.75) is 38.1 Å². The maximum Gasteiger partial charge on any atom is 0.356 e. The van der Waals surface area contributed by atoms with Gasteiger partial charge in [0.05, 0.1) is 27.4 Å². The van der Waals surface area contributed by atoms with Crippen LogP contribution >= 0.6 is 15.9 Å². The van der Waals surface area contributed by atoms with Crippen LogP contribution < -0.4 is 4.72 Å². The number of halogens is 1. The highest BCUT2D eigenvalue weighted by atomic mass is 79.9. The highest BCUT2D eigenvalue weighted by Gasteiger charge is 2.32. The van der Waals surface area contributed by atoms with Crippen molar-refractivity contribution >= 4 is 37.9 Å².